The summed E-state index contributed by atoms with van der Waals surface area (Å²) in [5, 5.41) is 15.8. The smallest absolute Gasteiger partial charge is 0.336 e. The van der Waals surface area contributed by atoms with E-state index in [1.165, 1.54) is 25.1 Å². The van der Waals surface area contributed by atoms with Gasteiger partial charge in [-0.1, -0.05) is 11.6 Å². The summed E-state index contributed by atoms with van der Waals surface area (Å²) < 4.78 is 2.01. The van der Waals surface area contributed by atoms with Crippen molar-refractivity contribution in [3.63, 3.8) is 0 Å². The van der Waals surface area contributed by atoms with Crippen molar-refractivity contribution in [2.24, 2.45) is 0 Å². The molecule has 140 valence electrons. The van der Waals surface area contributed by atoms with E-state index in [2.05, 4.69) is 9.88 Å². The zero-order valence-corrected chi connectivity index (χ0v) is 15.7. The molecule has 0 radical (unpaired) electrons. The number of carboxylic acid groups (broad SMARTS) is 1. The quantitative estimate of drug-likeness (QED) is 0.704. The molecule has 3 aromatic rings. The molecule has 0 aliphatic carbocycles. The average Bonchev–Trinajstić information content (AvgIpc) is 3.28. The first-order valence-electron chi connectivity index (χ1n) is 9.15. The number of aromatic nitrogens is 3. The molecule has 27 heavy (non-hydrogen) atoms. The van der Waals surface area contributed by atoms with Crippen molar-refractivity contribution in [2.45, 2.75) is 25.8 Å². The first-order chi connectivity index (χ1) is 13.1. The second-order valence-corrected chi connectivity index (χ2v) is 7.33. The SMILES string of the molecule is O=C(O)c1ccncc1Cc1nn(CCN2CCCC2)c2ccc(Cl)cc12. The van der Waals surface area contributed by atoms with Crippen LogP contribution in [-0.4, -0.2) is 50.4 Å². The van der Waals surface area contributed by atoms with Gasteiger partial charge in [-0.3, -0.25) is 9.67 Å². The minimum atomic E-state index is -0.955. The standard InChI is InChI=1S/C20H21ClN4O2/c21-15-3-4-19-17(12-15)18(11-14-13-22-6-5-16(14)20(26)27)23-25(19)10-9-24-7-1-2-8-24/h3-6,12-13H,1-2,7-11H2,(H,26,27). The van der Waals surface area contributed by atoms with Crippen LogP contribution in [0.2, 0.25) is 5.02 Å². The minimum Gasteiger partial charge on any atom is -0.478 e. The lowest BCUT2D eigenvalue weighted by atomic mass is 10.0. The molecule has 1 fully saturated rings. The number of halogens is 1. The van der Waals surface area contributed by atoms with Crippen LogP contribution >= 0.6 is 11.6 Å². The predicted octanol–water partition coefficient (Wildman–Crippen LogP) is 3.47. The van der Waals surface area contributed by atoms with Crippen molar-refractivity contribution in [3.05, 3.63) is 58.5 Å². The fraction of sp³-hybridized carbons (Fsp3) is 0.350. The summed E-state index contributed by atoms with van der Waals surface area (Å²) in [6.45, 7) is 4.06. The molecule has 0 atom stereocenters. The zero-order chi connectivity index (χ0) is 18.8. The predicted molar refractivity (Wildman–Crippen MR) is 104 cm³/mol. The second kappa shape index (κ2) is 7.66. The lowest BCUT2D eigenvalue weighted by Crippen LogP contribution is -2.24. The number of hydrogen-bond donors (Lipinski definition) is 1. The molecule has 0 amide bonds. The zero-order valence-electron chi connectivity index (χ0n) is 14.9. The topological polar surface area (TPSA) is 71.2 Å². The van der Waals surface area contributed by atoms with Crippen LogP contribution in [0.5, 0.6) is 0 Å². The maximum absolute atomic E-state index is 11.5. The number of aromatic carboxylic acids is 1. The molecule has 4 rings (SSSR count). The Labute approximate surface area is 162 Å². The van der Waals surface area contributed by atoms with Crippen LogP contribution < -0.4 is 0 Å². The first kappa shape index (κ1) is 17.9. The molecule has 1 aliphatic rings. The maximum Gasteiger partial charge on any atom is 0.336 e. The largest absolute Gasteiger partial charge is 0.478 e. The van der Waals surface area contributed by atoms with Gasteiger partial charge in [-0.2, -0.15) is 5.10 Å². The van der Waals surface area contributed by atoms with Crippen molar-refractivity contribution >= 4 is 28.5 Å². The number of pyridine rings is 1. The van der Waals surface area contributed by atoms with Gasteiger partial charge in [0.15, 0.2) is 0 Å². The molecule has 1 N–H and O–H groups in total. The molecule has 0 spiro atoms. The normalized spacial score (nSPS) is 14.9. The summed E-state index contributed by atoms with van der Waals surface area (Å²) in [6, 6.07) is 7.29. The Kier molecular flexibility index (Phi) is 5.09. The molecular formula is C20H21ClN4O2. The molecule has 6 nitrogen and oxygen atoms in total. The van der Waals surface area contributed by atoms with Crippen LogP contribution in [0.25, 0.3) is 10.9 Å². The van der Waals surface area contributed by atoms with Crippen molar-refractivity contribution in [1.29, 1.82) is 0 Å². The van der Waals surface area contributed by atoms with Crippen LogP contribution in [0.4, 0.5) is 0 Å². The number of benzene rings is 1. The molecule has 7 heteroatoms. The highest BCUT2D eigenvalue weighted by Gasteiger charge is 2.17. The molecule has 1 aromatic carbocycles. The number of carboxylic acids is 1. The van der Waals surface area contributed by atoms with E-state index < -0.39 is 5.97 Å². The van der Waals surface area contributed by atoms with E-state index in [0.717, 1.165) is 42.8 Å². The lowest BCUT2D eigenvalue weighted by molar-refractivity contribution is 0.0695. The van der Waals surface area contributed by atoms with Gasteiger partial charge in [0.25, 0.3) is 0 Å². The molecule has 1 saturated heterocycles. The molecule has 0 unspecified atom stereocenters. The van der Waals surface area contributed by atoms with E-state index in [9.17, 15) is 9.90 Å². The van der Waals surface area contributed by atoms with E-state index in [4.69, 9.17) is 16.7 Å². The summed E-state index contributed by atoms with van der Waals surface area (Å²) >= 11 is 6.21. The molecule has 0 saturated carbocycles. The van der Waals surface area contributed by atoms with Crippen molar-refractivity contribution < 1.29 is 9.90 Å². The fourth-order valence-corrected chi connectivity index (χ4v) is 3.89. The summed E-state index contributed by atoms with van der Waals surface area (Å²) in [7, 11) is 0. The Bertz CT molecular complexity index is 979. The maximum atomic E-state index is 11.5. The van der Waals surface area contributed by atoms with E-state index in [0.29, 0.717) is 17.0 Å². The Morgan fingerprint density at radius 1 is 1.19 bits per heavy atom. The van der Waals surface area contributed by atoms with Crippen LogP contribution in [0.3, 0.4) is 0 Å². The third-order valence-electron chi connectivity index (χ3n) is 5.11. The molecule has 0 bridgehead atoms. The highest BCUT2D eigenvalue weighted by atomic mass is 35.5. The summed E-state index contributed by atoms with van der Waals surface area (Å²) in [5.74, 6) is -0.955. The van der Waals surface area contributed by atoms with Gasteiger partial charge in [-0.15, -0.1) is 0 Å². The highest BCUT2D eigenvalue weighted by Crippen LogP contribution is 2.25. The van der Waals surface area contributed by atoms with E-state index in [1.54, 1.807) is 6.20 Å². The van der Waals surface area contributed by atoms with Gasteiger partial charge in [-0.25, -0.2) is 4.79 Å². The van der Waals surface area contributed by atoms with Gasteiger partial charge in [0, 0.05) is 35.8 Å². The van der Waals surface area contributed by atoms with Gasteiger partial charge >= 0.3 is 5.97 Å². The number of likely N-dealkylation sites (tertiary alicyclic amines) is 1. The van der Waals surface area contributed by atoms with Crippen LogP contribution in [0.15, 0.2) is 36.7 Å². The van der Waals surface area contributed by atoms with Gasteiger partial charge in [0.05, 0.1) is 23.3 Å². The van der Waals surface area contributed by atoms with Crippen molar-refractivity contribution in [1.82, 2.24) is 19.7 Å². The van der Waals surface area contributed by atoms with E-state index >= 15 is 0 Å². The van der Waals surface area contributed by atoms with Crippen LogP contribution in [0, 0.1) is 0 Å². The Morgan fingerprint density at radius 2 is 2.00 bits per heavy atom. The third-order valence-corrected chi connectivity index (χ3v) is 5.34. The number of fused-ring (bicyclic) bond motifs is 1. The highest BCUT2D eigenvalue weighted by molar-refractivity contribution is 6.31. The Hall–Kier alpha value is -2.44. The number of rotatable bonds is 6. The molecule has 1 aliphatic heterocycles. The fourth-order valence-electron chi connectivity index (χ4n) is 3.72. The third kappa shape index (κ3) is 3.82. The first-order valence-corrected chi connectivity index (χ1v) is 9.53. The minimum absolute atomic E-state index is 0.256. The lowest BCUT2D eigenvalue weighted by Gasteiger charge is -2.14. The molecule has 3 heterocycles. The second-order valence-electron chi connectivity index (χ2n) is 6.89. The Balaban J connectivity index is 1.67. The van der Waals surface area contributed by atoms with E-state index in [1.807, 2.05) is 22.9 Å². The van der Waals surface area contributed by atoms with Crippen LogP contribution in [0.1, 0.15) is 34.5 Å². The summed E-state index contributed by atoms with van der Waals surface area (Å²) in [6.07, 6.45) is 6.03. The van der Waals surface area contributed by atoms with Gasteiger partial charge in [0.2, 0.25) is 0 Å². The van der Waals surface area contributed by atoms with Crippen molar-refractivity contribution in [2.75, 3.05) is 19.6 Å². The van der Waals surface area contributed by atoms with E-state index in [-0.39, 0.29) is 5.56 Å². The molecule has 2 aromatic heterocycles. The number of carbonyl (C=O) groups is 1. The van der Waals surface area contributed by atoms with Crippen LogP contribution in [-0.2, 0) is 13.0 Å². The number of nitrogens with zero attached hydrogens (tertiary/aromatic N) is 4. The van der Waals surface area contributed by atoms with Gasteiger partial charge < -0.3 is 10.0 Å². The monoisotopic (exact) mass is 384 g/mol. The average molecular weight is 385 g/mol. The molecular weight excluding hydrogens is 364 g/mol. The summed E-state index contributed by atoms with van der Waals surface area (Å²) in [4.78, 5) is 18.0. The Morgan fingerprint density at radius 3 is 2.78 bits per heavy atom. The van der Waals surface area contributed by atoms with Crippen molar-refractivity contribution in [3.8, 4) is 0 Å². The van der Waals surface area contributed by atoms with Gasteiger partial charge in [-0.05, 0) is 55.8 Å². The summed E-state index contributed by atoms with van der Waals surface area (Å²) in [5.41, 5.74) is 2.75. The number of hydrogen-bond acceptors (Lipinski definition) is 4. The van der Waals surface area contributed by atoms with Gasteiger partial charge in [0.1, 0.15) is 0 Å².